The number of anilines is 2. The van der Waals surface area contributed by atoms with E-state index in [9.17, 15) is 0 Å². The highest BCUT2D eigenvalue weighted by Gasteiger charge is 2.13. The highest BCUT2D eigenvalue weighted by molar-refractivity contribution is 5.60. The zero-order valence-corrected chi connectivity index (χ0v) is 14.1. The van der Waals surface area contributed by atoms with Crippen molar-refractivity contribution in [3.8, 4) is 5.75 Å². The molecule has 0 bridgehead atoms. The van der Waals surface area contributed by atoms with E-state index in [1.807, 2.05) is 54.6 Å². The number of hydrogen-bond donors (Lipinski definition) is 1. The van der Waals surface area contributed by atoms with E-state index in [0.717, 1.165) is 11.4 Å². The Balaban J connectivity index is 2.15. The molecule has 0 fully saturated rings. The second-order valence-electron chi connectivity index (χ2n) is 4.91. The van der Waals surface area contributed by atoms with Gasteiger partial charge in [0.2, 0.25) is 0 Å². The first kappa shape index (κ1) is 18.1. The molecule has 0 radical (unpaired) electrons. The van der Waals surface area contributed by atoms with Gasteiger partial charge in [-0.2, -0.15) is 5.17 Å². The summed E-state index contributed by atoms with van der Waals surface area (Å²) in [6.07, 6.45) is 0. The molecular formula is C18H24N2O4. The van der Waals surface area contributed by atoms with Gasteiger partial charge in [-0.3, -0.25) is 10.3 Å². The van der Waals surface area contributed by atoms with Crippen molar-refractivity contribution in [2.24, 2.45) is 0 Å². The number of hydrazine groups is 1. The molecule has 2 rings (SSSR count). The van der Waals surface area contributed by atoms with Gasteiger partial charge in [-0.1, -0.05) is 30.3 Å². The smallest absolute Gasteiger partial charge is 0.147 e. The fraction of sp³-hybridized carbons (Fsp3) is 0.333. The molecule has 0 saturated carbocycles. The van der Waals surface area contributed by atoms with Crippen molar-refractivity contribution in [1.82, 2.24) is 0 Å². The van der Waals surface area contributed by atoms with Crippen LogP contribution in [0, 0.1) is 0 Å². The minimum atomic E-state index is 0.405. The lowest BCUT2D eigenvalue weighted by atomic mass is 10.3. The molecule has 24 heavy (non-hydrogen) atoms. The lowest BCUT2D eigenvalue weighted by Gasteiger charge is -2.26. The minimum absolute atomic E-state index is 0.405. The maximum Gasteiger partial charge on any atom is 0.147 e. The molecule has 0 aliphatic heterocycles. The highest BCUT2D eigenvalue weighted by Crippen LogP contribution is 2.28. The summed E-state index contributed by atoms with van der Waals surface area (Å²) in [5.41, 5.74) is 4.91. The first-order chi connectivity index (χ1) is 11.8. The largest absolute Gasteiger partial charge is 0.489 e. The Labute approximate surface area is 142 Å². The lowest BCUT2D eigenvalue weighted by Crippen LogP contribution is -2.32. The molecule has 0 amide bonds. The summed E-state index contributed by atoms with van der Waals surface area (Å²) in [7, 11) is 3.28. The Kier molecular flexibility index (Phi) is 7.89. The molecule has 2 aromatic rings. The molecule has 6 heteroatoms. The fourth-order valence-corrected chi connectivity index (χ4v) is 1.99. The molecule has 0 atom stereocenters. The van der Waals surface area contributed by atoms with Crippen LogP contribution in [-0.2, 0) is 14.3 Å². The van der Waals surface area contributed by atoms with Crippen molar-refractivity contribution in [3.63, 3.8) is 0 Å². The SMILES string of the molecule is COCCOc1ccccc1N(Nc1ccccc1)OCCOC. The first-order valence-corrected chi connectivity index (χ1v) is 7.79. The first-order valence-electron chi connectivity index (χ1n) is 7.79. The molecule has 0 aliphatic carbocycles. The summed E-state index contributed by atoms with van der Waals surface area (Å²) in [4.78, 5) is 5.81. The van der Waals surface area contributed by atoms with Gasteiger partial charge in [-0.15, -0.1) is 0 Å². The van der Waals surface area contributed by atoms with E-state index >= 15 is 0 Å². The van der Waals surface area contributed by atoms with Gasteiger partial charge in [0.05, 0.1) is 18.9 Å². The lowest BCUT2D eigenvalue weighted by molar-refractivity contribution is 0.0612. The molecule has 0 unspecified atom stereocenters. The predicted molar refractivity (Wildman–Crippen MR) is 94.2 cm³/mol. The third kappa shape index (κ3) is 5.73. The van der Waals surface area contributed by atoms with Crippen LogP contribution in [0.15, 0.2) is 54.6 Å². The summed E-state index contributed by atoms with van der Waals surface area (Å²) in [6, 6.07) is 17.5. The van der Waals surface area contributed by atoms with Crippen LogP contribution in [0.4, 0.5) is 11.4 Å². The molecule has 0 aliphatic rings. The number of nitrogens with zero attached hydrogens (tertiary/aromatic N) is 1. The summed E-state index contributed by atoms with van der Waals surface area (Å²) in [5.74, 6) is 0.704. The maximum absolute atomic E-state index is 5.81. The number of ether oxygens (including phenoxy) is 3. The Morgan fingerprint density at radius 1 is 0.792 bits per heavy atom. The van der Waals surface area contributed by atoms with E-state index in [4.69, 9.17) is 19.0 Å². The molecule has 0 saturated heterocycles. The van der Waals surface area contributed by atoms with Crippen LogP contribution in [0.25, 0.3) is 0 Å². The maximum atomic E-state index is 5.81. The summed E-state index contributed by atoms with van der Waals surface area (Å²) in [6.45, 7) is 1.87. The summed E-state index contributed by atoms with van der Waals surface area (Å²) in [5, 5.41) is 1.59. The van der Waals surface area contributed by atoms with Crippen molar-refractivity contribution in [2.45, 2.75) is 0 Å². The molecule has 0 spiro atoms. The van der Waals surface area contributed by atoms with Crippen LogP contribution >= 0.6 is 0 Å². The third-order valence-corrected chi connectivity index (χ3v) is 3.14. The molecule has 2 aromatic carbocycles. The van der Waals surface area contributed by atoms with Crippen LogP contribution in [-0.4, -0.2) is 40.6 Å². The molecular weight excluding hydrogens is 308 g/mol. The second kappa shape index (κ2) is 10.5. The summed E-state index contributed by atoms with van der Waals surface area (Å²) >= 11 is 0. The van der Waals surface area contributed by atoms with Gasteiger partial charge in [-0.05, 0) is 24.3 Å². The van der Waals surface area contributed by atoms with Crippen LogP contribution in [0.1, 0.15) is 0 Å². The van der Waals surface area contributed by atoms with Gasteiger partial charge in [-0.25, -0.2) is 0 Å². The quantitative estimate of drug-likeness (QED) is 0.504. The van der Waals surface area contributed by atoms with Crippen LogP contribution in [0.2, 0.25) is 0 Å². The monoisotopic (exact) mass is 332 g/mol. The number of hydrogen-bond acceptors (Lipinski definition) is 6. The number of methoxy groups -OCH3 is 2. The van der Waals surface area contributed by atoms with Gasteiger partial charge in [0, 0.05) is 14.2 Å². The van der Waals surface area contributed by atoms with Crippen molar-refractivity contribution in [1.29, 1.82) is 0 Å². The predicted octanol–water partition coefficient (Wildman–Crippen LogP) is 3.12. The van der Waals surface area contributed by atoms with Crippen LogP contribution < -0.4 is 15.3 Å². The summed E-state index contributed by atoms with van der Waals surface area (Å²) < 4.78 is 15.9. The Bertz CT molecular complexity index is 580. The van der Waals surface area contributed by atoms with Crippen molar-refractivity contribution >= 4 is 11.4 Å². The Hall–Kier alpha value is -2.28. The molecule has 1 N–H and O–H groups in total. The van der Waals surface area contributed by atoms with Gasteiger partial charge in [0.1, 0.15) is 24.7 Å². The molecule has 0 aromatic heterocycles. The van der Waals surface area contributed by atoms with E-state index in [2.05, 4.69) is 5.43 Å². The van der Waals surface area contributed by atoms with Gasteiger partial charge in [0.15, 0.2) is 0 Å². The standard InChI is InChI=1S/C18H24N2O4/c1-21-12-14-23-18-11-7-6-10-17(18)20(24-15-13-22-2)19-16-8-4-3-5-9-16/h3-11,19H,12-15H2,1-2H3. The number of rotatable bonds is 11. The number of benzene rings is 2. The number of para-hydroxylation sites is 3. The topological polar surface area (TPSA) is 52.2 Å². The van der Waals surface area contributed by atoms with E-state index in [1.54, 1.807) is 19.4 Å². The average molecular weight is 332 g/mol. The van der Waals surface area contributed by atoms with E-state index in [1.165, 1.54) is 0 Å². The van der Waals surface area contributed by atoms with Crippen molar-refractivity contribution in [3.05, 3.63) is 54.6 Å². The zero-order valence-electron chi connectivity index (χ0n) is 14.1. The fourth-order valence-electron chi connectivity index (χ4n) is 1.99. The molecule has 130 valence electrons. The van der Waals surface area contributed by atoms with Crippen LogP contribution in [0.3, 0.4) is 0 Å². The Morgan fingerprint density at radius 2 is 1.46 bits per heavy atom. The Morgan fingerprint density at radius 3 is 2.21 bits per heavy atom. The average Bonchev–Trinajstić information content (AvgIpc) is 2.63. The number of nitrogens with one attached hydrogen (secondary N) is 1. The second-order valence-corrected chi connectivity index (χ2v) is 4.91. The third-order valence-electron chi connectivity index (χ3n) is 3.14. The van der Waals surface area contributed by atoms with Gasteiger partial charge < -0.3 is 14.2 Å². The van der Waals surface area contributed by atoms with Crippen molar-refractivity contribution < 1.29 is 19.0 Å². The normalized spacial score (nSPS) is 10.4. The van der Waals surface area contributed by atoms with E-state index in [0.29, 0.717) is 32.2 Å². The van der Waals surface area contributed by atoms with Gasteiger partial charge in [0.25, 0.3) is 0 Å². The minimum Gasteiger partial charge on any atom is -0.489 e. The molecule has 6 nitrogen and oxygen atoms in total. The highest BCUT2D eigenvalue weighted by atomic mass is 16.7. The molecule has 0 heterocycles. The van der Waals surface area contributed by atoms with Crippen LogP contribution in [0.5, 0.6) is 5.75 Å². The van der Waals surface area contributed by atoms with Gasteiger partial charge >= 0.3 is 0 Å². The van der Waals surface area contributed by atoms with E-state index < -0.39 is 0 Å². The van der Waals surface area contributed by atoms with Crippen molar-refractivity contribution in [2.75, 3.05) is 51.2 Å². The zero-order chi connectivity index (χ0) is 17.0. The van der Waals surface area contributed by atoms with E-state index in [-0.39, 0.29) is 0 Å².